The molecule has 1 nitrogen and oxygen atoms in total. The number of unbranched alkanes of at least 4 members (excludes halogenated alkanes) is 4. The summed E-state index contributed by atoms with van der Waals surface area (Å²) in [5.41, 5.74) is 0. The van der Waals surface area contributed by atoms with Crippen molar-refractivity contribution in [2.75, 3.05) is 6.61 Å². The molecule has 78 valence electrons. The number of thiocarbonyl (C=S) groups is 1. The van der Waals surface area contributed by atoms with Crippen LogP contribution in [-0.2, 0) is 4.74 Å². The van der Waals surface area contributed by atoms with Crippen LogP contribution in [0, 0.1) is 0 Å². The molecule has 0 rings (SSSR count). The fourth-order valence-corrected chi connectivity index (χ4v) is 1.46. The third-order valence-electron chi connectivity index (χ3n) is 1.97. The van der Waals surface area contributed by atoms with Gasteiger partial charge in [-0.05, 0) is 25.1 Å². The minimum Gasteiger partial charge on any atom is -0.487 e. The molecule has 0 aromatic carbocycles. The maximum Gasteiger partial charge on any atom is 0.159 e. The van der Waals surface area contributed by atoms with E-state index < -0.39 is 0 Å². The molecule has 0 aromatic heterocycles. The van der Waals surface area contributed by atoms with Gasteiger partial charge < -0.3 is 4.74 Å². The fourth-order valence-electron chi connectivity index (χ4n) is 1.17. The van der Waals surface area contributed by atoms with Gasteiger partial charge >= 0.3 is 0 Å². The van der Waals surface area contributed by atoms with Crippen molar-refractivity contribution < 1.29 is 4.74 Å². The molecule has 0 heterocycles. The highest BCUT2D eigenvalue weighted by Gasteiger charge is 1.95. The quantitative estimate of drug-likeness (QED) is 0.433. The summed E-state index contributed by atoms with van der Waals surface area (Å²) in [4.78, 5) is 0. The van der Waals surface area contributed by atoms with Gasteiger partial charge in [-0.3, -0.25) is 0 Å². The Bertz CT molecular complexity index is 123. The maximum absolute atomic E-state index is 5.39. The van der Waals surface area contributed by atoms with Crippen molar-refractivity contribution in [2.24, 2.45) is 0 Å². The summed E-state index contributed by atoms with van der Waals surface area (Å²) in [6, 6.07) is 0. The van der Waals surface area contributed by atoms with Crippen molar-refractivity contribution in [2.45, 2.75) is 58.8 Å². The van der Waals surface area contributed by atoms with E-state index in [1.807, 2.05) is 0 Å². The van der Waals surface area contributed by atoms with Gasteiger partial charge in [0.2, 0.25) is 0 Å². The van der Waals surface area contributed by atoms with Crippen LogP contribution in [0.25, 0.3) is 0 Å². The molecule has 0 saturated carbocycles. The second-order valence-electron chi connectivity index (χ2n) is 3.38. The number of hydrogen-bond acceptors (Lipinski definition) is 2. The molecule has 0 aliphatic rings. The summed E-state index contributed by atoms with van der Waals surface area (Å²) < 4.78 is 5.39. The molecule has 0 spiro atoms. The Balaban J connectivity index is 3.02. The van der Waals surface area contributed by atoms with Crippen LogP contribution in [0.3, 0.4) is 0 Å². The lowest BCUT2D eigenvalue weighted by molar-refractivity contribution is 0.292. The zero-order valence-electron chi connectivity index (χ0n) is 8.97. The average Bonchev–Trinajstić information content (AvgIpc) is 2.11. The highest BCUT2D eigenvalue weighted by molar-refractivity contribution is 7.80. The lowest BCUT2D eigenvalue weighted by atomic mass is 10.2. The van der Waals surface area contributed by atoms with Gasteiger partial charge in [-0.2, -0.15) is 0 Å². The van der Waals surface area contributed by atoms with Gasteiger partial charge in [-0.25, -0.2) is 0 Å². The topological polar surface area (TPSA) is 9.23 Å². The van der Waals surface area contributed by atoms with E-state index in [-0.39, 0.29) is 0 Å². The van der Waals surface area contributed by atoms with E-state index >= 15 is 0 Å². The van der Waals surface area contributed by atoms with Gasteiger partial charge in [0, 0.05) is 6.42 Å². The van der Waals surface area contributed by atoms with Crippen molar-refractivity contribution in [1.29, 1.82) is 0 Å². The van der Waals surface area contributed by atoms with Crippen LogP contribution in [0.4, 0.5) is 0 Å². The normalized spacial score (nSPS) is 10.0. The average molecular weight is 202 g/mol. The largest absolute Gasteiger partial charge is 0.487 e. The minimum atomic E-state index is 0.790. The Morgan fingerprint density at radius 2 is 1.69 bits per heavy atom. The van der Waals surface area contributed by atoms with Gasteiger partial charge in [0.1, 0.15) is 0 Å². The van der Waals surface area contributed by atoms with Crippen LogP contribution in [0.5, 0.6) is 0 Å². The number of rotatable bonds is 8. The lowest BCUT2D eigenvalue weighted by Crippen LogP contribution is -2.02. The second-order valence-corrected chi connectivity index (χ2v) is 3.84. The van der Waals surface area contributed by atoms with Gasteiger partial charge in [0.05, 0.1) is 6.61 Å². The summed E-state index contributed by atoms with van der Waals surface area (Å²) in [5, 5.41) is 0.790. The molecular formula is C11H22OS. The summed E-state index contributed by atoms with van der Waals surface area (Å²) in [6.07, 6.45) is 8.44. The number of ether oxygens (including phenoxy) is 1. The van der Waals surface area contributed by atoms with Gasteiger partial charge in [0.15, 0.2) is 5.05 Å². The molecule has 0 unspecified atom stereocenters. The van der Waals surface area contributed by atoms with Crippen molar-refractivity contribution in [3.63, 3.8) is 0 Å². The summed E-state index contributed by atoms with van der Waals surface area (Å²) in [5.74, 6) is 0. The summed E-state index contributed by atoms with van der Waals surface area (Å²) in [7, 11) is 0. The molecule has 0 atom stereocenters. The Hall–Kier alpha value is -0.110. The maximum atomic E-state index is 5.39. The Labute approximate surface area is 87.9 Å². The predicted molar refractivity (Wildman–Crippen MR) is 62.2 cm³/mol. The zero-order chi connectivity index (χ0) is 9.94. The first kappa shape index (κ1) is 12.9. The Morgan fingerprint density at radius 3 is 2.31 bits per heavy atom. The lowest BCUT2D eigenvalue weighted by Gasteiger charge is -2.05. The van der Waals surface area contributed by atoms with E-state index in [1.165, 1.54) is 25.7 Å². The smallest absolute Gasteiger partial charge is 0.159 e. The molecule has 0 bridgehead atoms. The van der Waals surface area contributed by atoms with Crippen molar-refractivity contribution >= 4 is 17.3 Å². The monoisotopic (exact) mass is 202 g/mol. The van der Waals surface area contributed by atoms with Gasteiger partial charge in [0.25, 0.3) is 0 Å². The molecule has 0 radical (unpaired) electrons. The second kappa shape index (κ2) is 9.97. The van der Waals surface area contributed by atoms with Crippen LogP contribution in [-0.4, -0.2) is 11.7 Å². The molecule has 0 aliphatic heterocycles. The van der Waals surface area contributed by atoms with Crippen LogP contribution in [0.2, 0.25) is 0 Å². The van der Waals surface area contributed by atoms with Crippen molar-refractivity contribution in [3.05, 3.63) is 0 Å². The third kappa shape index (κ3) is 9.81. The van der Waals surface area contributed by atoms with Crippen molar-refractivity contribution in [3.8, 4) is 0 Å². The van der Waals surface area contributed by atoms with E-state index in [9.17, 15) is 0 Å². The molecule has 0 saturated heterocycles. The van der Waals surface area contributed by atoms with Gasteiger partial charge in [-0.1, -0.05) is 39.5 Å². The van der Waals surface area contributed by atoms with Crippen LogP contribution in [0.15, 0.2) is 0 Å². The fraction of sp³-hybridized carbons (Fsp3) is 0.909. The SMILES string of the molecule is CCCCCCCOC(=S)CCC. The molecule has 2 heteroatoms. The summed E-state index contributed by atoms with van der Waals surface area (Å²) in [6.45, 7) is 5.17. The van der Waals surface area contributed by atoms with E-state index in [0.29, 0.717) is 0 Å². The van der Waals surface area contributed by atoms with Crippen LogP contribution in [0.1, 0.15) is 58.8 Å². The molecule has 0 aromatic rings. The van der Waals surface area contributed by atoms with E-state index in [2.05, 4.69) is 13.8 Å². The molecule has 0 aliphatic carbocycles. The minimum absolute atomic E-state index is 0.790. The van der Waals surface area contributed by atoms with E-state index in [0.717, 1.165) is 30.9 Å². The van der Waals surface area contributed by atoms with Crippen molar-refractivity contribution in [1.82, 2.24) is 0 Å². The molecule has 0 amide bonds. The molecule has 0 N–H and O–H groups in total. The van der Waals surface area contributed by atoms with E-state index in [1.54, 1.807) is 0 Å². The van der Waals surface area contributed by atoms with Crippen LogP contribution >= 0.6 is 12.2 Å². The van der Waals surface area contributed by atoms with E-state index in [4.69, 9.17) is 17.0 Å². The standard InChI is InChI=1S/C11H22OS/c1-3-5-6-7-8-10-12-11(13)9-4-2/h3-10H2,1-2H3. The highest BCUT2D eigenvalue weighted by atomic mass is 32.1. The third-order valence-corrected chi connectivity index (χ3v) is 2.29. The van der Waals surface area contributed by atoms with Gasteiger partial charge in [-0.15, -0.1) is 0 Å². The molecule has 13 heavy (non-hydrogen) atoms. The first-order valence-corrected chi connectivity index (χ1v) is 5.87. The Kier molecular flexibility index (Phi) is 9.89. The van der Waals surface area contributed by atoms with Crippen LogP contribution < -0.4 is 0 Å². The zero-order valence-corrected chi connectivity index (χ0v) is 9.79. The number of hydrogen-bond donors (Lipinski definition) is 0. The Morgan fingerprint density at radius 1 is 1.00 bits per heavy atom. The molecule has 0 fully saturated rings. The molecular weight excluding hydrogens is 180 g/mol. The highest BCUT2D eigenvalue weighted by Crippen LogP contribution is 2.03. The first-order chi connectivity index (χ1) is 6.31. The summed E-state index contributed by atoms with van der Waals surface area (Å²) >= 11 is 5.03. The predicted octanol–water partition coefficient (Wildman–Crippen LogP) is 4.10. The first-order valence-electron chi connectivity index (χ1n) is 5.46.